The van der Waals surface area contributed by atoms with Crippen LogP contribution in [-0.2, 0) is 6.54 Å². The Bertz CT molecular complexity index is 837. The van der Waals surface area contributed by atoms with Gasteiger partial charge in [0.1, 0.15) is 5.82 Å². The molecule has 122 valence electrons. The van der Waals surface area contributed by atoms with Gasteiger partial charge in [0.05, 0.1) is 17.9 Å². The van der Waals surface area contributed by atoms with Crippen LogP contribution in [0.5, 0.6) is 0 Å². The van der Waals surface area contributed by atoms with Gasteiger partial charge < -0.3 is 5.32 Å². The van der Waals surface area contributed by atoms with E-state index in [1.165, 1.54) is 0 Å². The summed E-state index contributed by atoms with van der Waals surface area (Å²) < 4.78 is 1.57. The first kappa shape index (κ1) is 15.6. The van der Waals surface area contributed by atoms with Crippen LogP contribution in [0, 0.1) is 6.92 Å². The third-order valence-electron chi connectivity index (χ3n) is 4.59. The lowest BCUT2D eigenvalue weighted by Crippen LogP contribution is -2.45. The van der Waals surface area contributed by atoms with Crippen molar-refractivity contribution in [1.29, 1.82) is 0 Å². The SMILES string of the molecule is CC[C@H](C)N1CNc2c(c(=O)[nH]c(=O)n2-c2ccccc2C)C1. The second-order valence-electron chi connectivity index (χ2n) is 6.05. The molecule has 0 bridgehead atoms. The van der Waals surface area contributed by atoms with Gasteiger partial charge in [0, 0.05) is 12.6 Å². The summed E-state index contributed by atoms with van der Waals surface area (Å²) in [5.41, 5.74) is 1.66. The van der Waals surface area contributed by atoms with E-state index in [2.05, 4.69) is 29.0 Å². The number of para-hydroxylation sites is 1. The number of hydrogen-bond acceptors (Lipinski definition) is 4. The standard InChI is InChI=1S/C17H22N4O2/c1-4-12(3)20-9-13-15(18-10-20)21(17(23)19-16(13)22)14-8-6-5-7-11(14)2/h5-8,12,18H,4,9-10H2,1-3H3,(H,19,22,23)/t12-/m0/s1. The summed E-state index contributed by atoms with van der Waals surface area (Å²) in [6.07, 6.45) is 1.01. The van der Waals surface area contributed by atoms with E-state index < -0.39 is 5.69 Å². The highest BCUT2D eigenvalue weighted by Crippen LogP contribution is 2.23. The van der Waals surface area contributed by atoms with E-state index in [0.717, 1.165) is 17.7 Å². The van der Waals surface area contributed by atoms with E-state index >= 15 is 0 Å². The molecule has 2 N–H and O–H groups in total. The third-order valence-corrected chi connectivity index (χ3v) is 4.59. The maximum atomic E-state index is 12.4. The van der Waals surface area contributed by atoms with Gasteiger partial charge in [-0.25, -0.2) is 9.36 Å². The van der Waals surface area contributed by atoms with Gasteiger partial charge in [-0.05, 0) is 31.9 Å². The fraction of sp³-hybridized carbons (Fsp3) is 0.412. The number of anilines is 1. The van der Waals surface area contributed by atoms with Crippen LogP contribution in [0.15, 0.2) is 33.9 Å². The van der Waals surface area contributed by atoms with E-state index in [1.807, 2.05) is 31.2 Å². The summed E-state index contributed by atoms with van der Waals surface area (Å²) in [5, 5.41) is 3.27. The average Bonchev–Trinajstić information content (AvgIpc) is 2.55. The molecule has 1 aliphatic rings. The predicted octanol–water partition coefficient (Wildman–Crippen LogP) is 1.82. The lowest BCUT2D eigenvalue weighted by atomic mass is 10.1. The molecule has 23 heavy (non-hydrogen) atoms. The topological polar surface area (TPSA) is 70.1 Å². The second kappa shape index (κ2) is 6.04. The summed E-state index contributed by atoms with van der Waals surface area (Å²) >= 11 is 0. The number of aromatic nitrogens is 2. The number of fused-ring (bicyclic) bond motifs is 1. The van der Waals surface area contributed by atoms with Crippen LogP contribution in [0.4, 0.5) is 5.82 Å². The molecule has 1 aromatic heterocycles. The molecule has 3 rings (SSSR count). The number of rotatable bonds is 3. The zero-order valence-corrected chi connectivity index (χ0v) is 13.7. The Labute approximate surface area is 134 Å². The molecule has 0 spiro atoms. The van der Waals surface area contributed by atoms with E-state index in [9.17, 15) is 9.59 Å². The number of benzene rings is 1. The molecule has 6 heteroatoms. The van der Waals surface area contributed by atoms with Crippen LogP contribution < -0.4 is 16.6 Å². The molecule has 0 aliphatic carbocycles. The van der Waals surface area contributed by atoms with Gasteiger partial charge in [0.25, 0.3) is 5.56 Å². The smallest absolute Gasteiger partial charge is 0.334 e. The summed E-state index contributed by atoms with van der Waals surface area (Å²) in [5.74, 6) is 0.604. The highest BCUT2D eigenvalue weighted by Gasteiger charge is 2.25. The molecule has 2 aromatic rings. The van der Waals surface area contributed by atoms with Crippen molar-refractivity contribution >= 4 is 5.82 Å². The van der Waals surface area contributed by atoms with E-state index in [4.69, 9.17) is 0 Å². The molecular weight excluding hydrogens is 292 g/mol. The summed E-state index contributed by atoms with van der Waals surface area (Å²) in [7, 11) is 0. The zero-order valence-electron chi connectivity index (χ0n) is 13.7. The van der Waals surface area contributed by atoms with Crippen LogP contribution in [0.3, 0.4) is 0 Å². The quantitative estimate of drug-likeness (QED) is 0.906. The Balaban J connectivity index is 2.17. The van der Waals surface area contributed by atoms with Gasteiger partial charge in [0.15, 0.2) is 0 Å². The summed E-state index contributed by atoms with van der Waals surface area (Å²) in [6.45, 7) is 7.38. The van der Waals surface area contributed by atoms with Gasteiger partial charge in [-0.15, -0.1) is 0 Å². The van der Waals surface area contributed by atoms with Crippen molar-refractivity contribution in [3.63, 3.8) is 0 Å². The number of H-pyrrole nitrogens is 1. The predicted molar refractivity (Wildman–Crippen MR) is 91.2 cm³/mol. The molecule has 1 atom stereocenters. The molecule has 0 amide bonds. The number of nitrogens with one attached hydrogen (secondary N) is 2. The van der Waals surface area contributed by atoms with Crippen LogP contribution in [0.25, 0.3) is 5.69 Å². The van der Waals surface area contributed by atoms with Crippen LogP contribution in [-0.4, -0.2) is 27.2 Å². The second-order valence-corrected chi connectivity index (χ2v) is 6.05. The first-order valence-electron chi connectivity index (χ1n) is 7.95. The van der Waals surface area contributed by atoms with Crippen LogP contribution in [0.1, 0.15) is 31.4 Å². The fourth-order valence-corrected chi connectivity index (χ4v) is 2.95. The lowest BCUT2D eigenvalue weighted by Gasteiger charge is -2.34. The van der Waals surface area contributed by atoms with Crippen molar-refractivity contribution in [2.24, 2.45) is 0 Å². The van der Waals surface area contributed by atoms with E-state index in [0.29, 0.717) is 30.6 Å². The molecule has 0 unspecified atom stereocenters. The molecular formula is C17H22N4O2. The monoisotopic (exact) mass is 314 g/mol. The van der Waals surface area contributed by atoms with Crippen molar-refractivity contribution < 1.29 is 0 Å². The minimum atomic E-state index is -0.410. The van der Waals surface area contributed by atoms with Crippen molar-refractivity contribution in [2.75, 3.05) is 12.0 Å². The zero-order chi connectivity index (χ0) is 16.6. The van der Waals surface area contributed by atoms with Crippen LogP contribution >= 0.6 is 0 Å². The molecule has 6 nitrogen and oxygen atoms in total. The highest BCUT2D eigenvalue weighted by molar-refractivity contribution is 5.54. The Morgan fingerprint density at radius 1 is 1.26 bits per heavy atom. The molecule has 1 aromatic carbocycles. The highest BCUT2D eigenvalue weighted by atomic mass is 16.2. The molecule has 0 saturated carbocycles. The Morgan fingerprint density at radius 3 is 2.70 bits per heavy atom. The van der Waals surface area contributed by atoms with Gasteiger partial charge >= 0.3 is 5.69 Å². The minimum absolute atomic E-state index is 0.310. The van der Waals surface area contributed by atoms with E-state index in [-0.39, 0.29) is 5.56 Å². The first-order chi connectivity index (χ1) is 11.0. The minimum Gasteiger partial charge on any atom is -0.358 e. The summed E-state index contributed by atoms with van der Waals surface area (Å²) in [4.78, 5) is 29.3. The molecule has 2 heterocycles. The number of aryl methyl sites for hydroxylation is 1. The normalized spacial score (nSPS) is 15.8. The lowest BCUT2D eigenvalue weighted by molar-refractivity contribution is 0.200. The molecule has 1 aliphatic heterocycles. The Morgan fingerprint density at radius 2 is 2.00 bits per heavy atom. The molecule has 0 saturated heterocycles. The van der Waals surface area contributed by atoms with Gasteiger partial charge in [-0.1, -0.05) is 25.1 Å². The van der Waals surface area contributed by atoms with Gasteiger partial charge in [0.2, 0.25) is 0 Å². The largest absolute Gasteiger partial charge is 0.358 e. The first-order valence-corrected chi connectivity index (χ1v) is 7.95. The van der Waals surface area contributed by atoms with Gasteiger partial charge in [-0.2, -0.15) is 0 Å². The van der Waals surface area contributed by atoms with Crippen LogP contribution in [0.2, 0.25) is 0 Å². The Hall–Kier alpha value is -2.34. The number of nitrogens with zero attached hydrogens (tertiary/aromatic N) is 2. The van der Waals surface area contributed by atoms with Crippen molar-refractivity contribution in [3.8, 4) is 5.69 Å². The fourth-order valence-electron chi connectivity index (χ4n) is 2.95. The number of aromatic amines is 1. The Kier molecular flexibility index (Phi) is 4.09. The maximum Gasteiger partial charge on any atom is 0.334 e. The van der Waals surface area contributed by atoms with Crippen molar-refractivity contribution in [3.05, 3.63) is 56.2 Å². The molecule has 0 radical (unpaired) electrons. The van der Waals surface area contributed by atoms with Gasteiger partial charge in [-0.3, -0.25) is 14.7 Å². The third kappa shape index (κ3) is 2.70. The molecule has 0 fully saturated rings. The van der Waals surface area contributed by atoms with E-state index in [1.54, 1.807) is 4.57 Å². The van der Waals surface area contributed by atoms with Crippen molar-refractivity contribution in [2.45, 2.75) is 39.8 Å². The van der Waals surface area contributed by atoms with Crippen molar-refractivity contribution in [1.82, 2.24) is 14.5 Å². The number of hydrogen-bond donors (Lipinski definition) is 2. The maximum absolute atomic E-state index is 12.4. The average molecular weight is 314 g/mol. The summed E-state index contributed by atoms with van der Waals surface area (Å²) in [6, 6.07) is 8.03.